The van der Waals surface area contributed by atoms with E-state index >= 15 is 0 Å². The molecule has 0 amide bonds. The van der Waals surface area contributed by atoms with Crippen molar-refractivity contribution >= 4 is 50.7 Å². The van der Waals surface area contributed by atoms with Crippen LogP contribution >= 0.6 is 38.5 Å². The van der Waals surface area contributed by atoms with Gasteiger partial charge in [0, 0.05) is 13.6 Å². The molecule has 1 rings (SSSR count). The van der Waals surface area contributed by atoms with E-state index in [2.05, 4.69) is 26.1 Å². The average Bonchev–Trinajstić information content (AvgIpc) is 2.13. The number of halogens is 3. The summed E-state index contributed by atoms with van der Waals surface area (Å²) in [6.45, 7) is 0. The Kier molecular flexibility index (Phi) is 4.45. The molecule has 0 saturated carbocycles. The zero-order valence-corrected chi connectivity index (χ0v) is 11.2. The monoisotopic (exact) mass is 384 g/mol. The van der Waals surface area contributed by atoms with Crippen LogP contribution in [0.2, 0.25) is 0 Å². The Labute approximate surface area is 108 Å². The van der Waals surface area contributed by atoms with Gasteiger partial charge in [-0.25, -0.2) is 4.39 Å². The van der Waals surface area contributed by atoms with Crippen LogP contribution in [0.25, 0.3) is 0 Å². The number of nitrogens with two attached hydrogens (primary N) is 2. The Bertz CT molecular complexity index is 429. The van der Waals surface area contributed by atoms with Crippen LogP contribution in [-0.2, 0) is 0 Å². The van der Waals surface area contributed by atoms with Crippen LogP contribution in [0.3, 0.4) is 0 Å². The fraction of sp³-hybridized carbons (Fsp3) is 0. The Morgan fingerprint density at radius 1 is 1.47 bits per heavy atom. The number of benzene rings is 1. The van der Waals surface area contributed by atoms with Gasteiger partial charge in [0.1, 0.15) is 5.82 Å². The molecule has 0 aliphatic heterocycles. The van der Waals surface area contributed by atoms with Crippen molar-refractivity contribution in [1.29, 1.82) is 0 Å². The Morgan fingerprint density at radius 2 is 2.13 bits per heavy atom. The minimum atomic E-state index is -0.315. The van der Waals surface area contributed by atoms with Crippen molar-refractivity contribution in [1.82, 2.24) is 0 Å². The highest BCUT2D eigenvalue weighted by atomic mass is 127. The lowest BCUT2D eigenvalue weighted by atomic mass is 10.2. The molecule has 0 heterocycles. The van der Waals surface area contributed by atoms with E-state index in [1.54, 1.807) is 6.07 Å². The topological polar surface area (TPSA) is 76.8 Å². The third-order valence-electron chi connectivity index (χ3n) is 1.41. The normalized spacial score (nSPS) is 10.6. The zero-order valence-electron chi connectivity index (χ0n) is 7.42. The molecular formula is C8H7BrFIN4. The molecule has 0 spiro atoms. The van der Waals surface area contributed by atoms with Crippen molar-refractivity contribution in [2.45, 2.75) is 0 Å². The van der Waals surface area contributed by atoms with Crippen molar-refractivity contribution in [3.05, 3.63) is 31.6 Å². The first kappa shape index (κ1) is 12.4. The van der Waals surface area contributed by atoms with Crippen LogP contribution in [-0.4, -0.2) is 12.2 Å². The predicted octanol–water partition coefficient (Wildman–Crippen LogP) is 1.80. The van der Waals surface area contributed by atoms with Gasteiger partial charge < -0.3 is 11.5 Å². The number of hydrogen-bond acceptors (Lipinski definition) is 2. The van der Waals surface area contributed by atoms with Gasteiger partial charge in [0.15, 0.2) is 0 Å². The lowest BCUT2D eigenvalue weighted by molar-refractivity contribution is 0.620. The molecule has 15 heavy (non-hydrogen) atoms. The molecule has 0 aliphatic carbocycles. The first-order valence-corrected chi connectivity index (χ1v) is 5.64. The minimum Gasteiger partial charge on any atom is -0.369 e. The van der Waals surface area contributed by atoms with Crippen molar-refractivity contribution in [3.63, 3.8) is 0 Å². The molecule has 4 N–H and O–H groups in total. The highest BCUT2D eigenvalue weighted by Gasteiger charge is 2.04. The van der Waals surface area contributed by atoms with Gasteiger partial charge in [0.25, 0.3) is 0 Å². The van der Waals surface area contributed by atoms with Gasteiger partial charge in [-0.1, -0.05) is 15.9 Å². The van der Waals surface area contributed by atoms with E-state index in [0.29, 0.717) is 9.13 Å². The van der Waals surface area contributed by atoms with Crippen LogP contribution in [0.4, 0.5) is 4.39 Å². The van der Waals surface area contributed by atoms with Crippen molar-refractivity contribution < 1.29 is 4.39 Å². The Balaban J connectivity index is 3.01. The summed E-state index contributed by atoms with van der Waals surface area (Å²) < 4.78 is 14.4. The Morgan fingerprint density at radius 3 is 2.73 bits per heavy atom. The van der Waals surface area contributed by atoms with Crippen molar-refractivity contribution in [2.24, 2.45) is 21.7 Å². The Hall–Kier alpha value is -0.700. The molecule has 0 bridgehead atoms. The molecule has 1 aromatic rings. The smallest absolute Gasteiger partial charge is 0.211 e. The molecule has 0 aliphatic rings. The molecule has 80 valence electrons. The van der Waals surface area contributed by atoms with Crippen LogP contribution in [0.1, 0.15) is 5.56 Å². The van der Waals surface area contributed by atoms with Gasteiger partial charge in [0.05, 0.1) is 6.21 Å². The number of guanidine groups is 1. The molecule has 1 aromatic carbocycles. The molecule has 0 aromatic heterocycles. The highest BCUT2D eigenvalue weighted by Crippen LogP contribution is 2.21. The molecule has 0 atom stereocenters. The predicted molar refractivity (Wildman–Crippen MR) is 70.2 cm³/mol. The van der Waals surface area contributed by atoms with Gasteiger partial charge in [-0.3, -0.25) is 0 Å². The maximum absolute atomic E-state index is 13.2. The lowest BCUT2D eigenvalue weighted by Crippen LogP contribution is -2.21. The summed E-state index contributed by atoms with van der Waals surface area (Å²) in [5, 5.41) is 7.00. The van der Waals surface area contributed by atoms with Gasteiger partial charge in [-0.2, -0.15) is 5.10 Å². The minimum absolute atomic E-state index is 0.145. The average molecular weight is 385 g/mol. The lowest BCUT2D eigenvalue weighted by Gasteiger charge is -1.99. The second kappa shape index (κ2) is 5.40. The van der Waals surface area contributed by atoms with Crippen molar-refractivity contribution in [2.75, 3.05) is 0 Å². The number of rotatable bonds is 2. The zero-order chi connectivity index (χ0) is 11.4. The third kappa shape index (κ3) is 3.74. The maximum atomic E-state index is 13.2. The summed E-state index contributed by atoms with van der Waals surface area (Å²) in [7, 11) is 0. The molecular weight excluding hydrogens is 378 g/mol. The standard InChI is InChI=1S/C8H7BrFIN4/c9-5-2-7(11)6(10)1-4(5)3-14-15-8(12)13/h1-3H,(H4,12,13,15). The van der Waals surface area contributed by atoms with Gasteiger partial charge in [-0.15, -0.1) is 5.10 Å². The van der Waals surface area contributed by atoms with E-state index in [0.717, 1.165) is 4.47 Å². The molecule has 7 heteroatoms. The second-order valence-electron chi connectivity index (χ2n) is 2.56. The van der Waals surface area contributed by atoms with Gasteiger partial charge in [0.2, 0.25) is 5.96 Å². The highest BCUT2D eigenvalue weighted by molar-refractivity contribution is 14.1. The summed E-state index contributed by atoms with van der Waals surface area (Å²) in [4.78, 5) is 0. The van der Waals surface area contributed by atoms with Crippen LogP contribution < -0.4 is 11.5 Å². The summed E-state index contributed by atoms with van der Waals surface area (Å²) in [6, 6.07) is 2.99. The van der Waals surface area contributed by atoms with E-state index in [4.69, 9.17) is 11.5 Å². The number of hydrogen-bond donors (Lipinski definition) is 2. The molecule has 0 unspecified atom stereocenters. The maximum Gasteiger partial charge on any atom is 0.211 e. The summed E-state index contributed by atoms with van der Waals surface area (Å²) in [5.41, 5.74) is 10.7. The largest absolute Gasteiger partial charge is 0.369 e. The SMILES string of the molecule is NC(N)=NN=Cc1cc(F)c(I)cc1Br. The van der Waals surface area contributed by atoms with Crippen LogP contribution in [0.5, 0.6) is 0 Å². The van der Waals surface area contributed by atoms with E-state index in [1.165, 1.54) is 12.3 Å². The molecule has 0 saturated heterocycles. The van der Waals surface area contributed by atoms with Crippen molar-refractivity contribution in [3.8, 4) is 0 Å². The summed E-state index contributed by atoms with van der Waals surface area (Å²) in [5.74, 6) is -0.460. The molecule has 0 fully saturated rings. The first-order valence-electron chi connectivity index (χ1n) is 3.77. The van der Waals surface area contributed by atoms with E-state index in [9.17, 15) is 4.39 Å². The van der Waals surface area contributed by atoms with Crippen LogP contribution in [0.15, 0.2) is 26.8 Å². The summed E-state index contributed by atoms with van der Waals surface area (Å²) >= 11 is 5.17. The molecule has 0 radical (unpaired) electrons. The van der Waals surface area contributed by atoms with E-state index < -0.39 is 0 Å². The fourth-order valence-electron chi connectivity index (χ4n) is 0.795. The second-order valence-corrected chi connectivity index (χ2v) is 4.57. The third-order valence-corrected chi connectivity index (χ3v) is 2.92. The summed E-state index contributed by atoms with van der Waals surface area (Å²) in [6.07, 6.45) is 1.36. The first-order chi connectivity index (χ1) is 7.00. The quantitative estimate of drug-likeness (QED) is 0.268. The molecule has 4 nitrogen and oxygen atoms in total. The van der Waals surface area contributed by atoms with Crippen LogP contribution in [0, 0.1) is 9.39 Å². The fourth-order valence-corrected chi connectivity index (χ4v) is 2.14. The van der Waals surface area contributed by atoms with Gasteiger partial charge in [-0.05, 0) is 34.7 Å². The van der Waals surface area contributed by atoms with E-state index in [1.807, 2.05) is 22.6 Å². The van der Waals surface area contributed by atoms with Gasteiger partial charge >= 0.3 is 0 Å². The van der Waals surface area contributed by atoms with E-state index in [-0.39, 0.29) is 11.8 Å². The number of nitrogens with zero attached hydrogens (tertiary/aromatic N) is 2.